The molecule has 0 bridgehead atoms. The Morgan fingerprint density at radius 2 is 1.72 bits per heavy atom. The number of nitrogens with zero attached hydrogens (tertiary/aromatic N) is 1. The van der Waals surface area contributed by atoms with Gasteiger partial charge in [-0.15, -0.1) is 0 Å². The number of hydrogen-bond acceptors (Lipinski definition) is 4. The smallest absolute Gasteiger partial charge is 0.261 e. The van der Waals surface area contributed by atoms with E-state index in [4.69, 9.17) is 10.7 Å². The van der Waals surface area contributed by atoms with Crippen LogP contribution in [0.3, 0.4) is 0 Å². The molecule has 0 unspecified atom stereocenters. The molecule has 94 valence electrons. The van der Waals surface area contributed by atoms with Gasteiger partial charge in [-0.3, -0.25) is 9.59 Å². The Hall–Kier alpha value is -1.66. The summed E-state index contributed by atoms with van der Waals surface area (Å²) in [6.45, 7) is 0. The monoisotopic (exact) mass is 285 g/mol. The Morgan fingerprint density at radius 1 is 1.11 bits per heavy atom. The Morgan fingerprint density at radius 3 is 2.17 bits per heavy atom. The largest absolute Gasteiger partial charge is 0.269 e. The van der Waals surface area contributed by atoms with E-state index in [2.05, 4.69) is 0 Å². The third kappa shape index (κ3) is 2.60. The van der Waals surface area contributed by atoms with E-state index in [9.17, 15) is 18.0 Å². The Labute approximate surface area is 108 Å². The van der Waals surface area contributed by atoms with Crippen molar-refractivity contribution in [2.24, 2.45) is 0 Å². The SMILES string of the molecule is O=C1C=CC(=O)N1C=C1C=CC(S(=O)(=O)Cl)=CC1. The first kappa shape index (κ1) is 12.8. The number of carbonyl (C=O) groups excluding carboxylic acids is 2. The Kier molecular flexibility index (Phi) is 3.23. The standard InChI is InChI=1S/C11H8ClNO4S/c12-18(16,17)9-3-1-8(2-4-9)7-13-10(14)5-6-11(13)15/h1,3-7H,2H2. The van der Waals surface area contributed by atoms with Gasteiger partial charge in [0.25, 0.3) is 20.9 Å². The molecule has 0 spiro atoms. The summed E-state index contributed by atoms with van der Waals surface area (Å²) < 4.78 is 22.1. The third-order valence-corrected chi connectivity index (χ3v) is 3.82. The molecule has 0 N–H and O–H groups in total. The second kappa shape index (κ2) is 4.55. The van der Waals surface area contributed by atoms with Gasteiger partial charge < -0.3 is 0 Å². The highest BCUT2D eigenvalue weighted by molar-refractivity contribution is 8.17. The van der Waals surface area contributed by atoms with Crippen molar-refractivity contribution in [2.45, 2.75) is 6.42 Å². The summed E-state index contributed by atoms with van der Waals surface area (Å²) in [6, 6.07) is 0. The zero-order chi connectivity index (χ0) is 13.3. The minimum absolute atomic E-state index is 0.0125. The first-order valence-electron chi connectivity index (χ1n) is 4.97. The third-order valence-electron chi connectivity index (χ3n) is 2.42. The predicted molar refractivity (Wildman–Crippen MR) is 65.7 cm³/mol. The summed E-state index contributed by atoms with van der Waals surface area (Å²) in [5, 5.41) is 0. The molecule has 0 atom stereocenters. The van der Waals surface area contributed by atoms with Gasteiger partial charge in [-0.1, -0.05) is 12.2 Å². The number of hydrogen-bond donors (Lipinski definition) is 0. The fourth-order valence-electron chi connectivity index (χ4n) is 1.53. The van der Waals surface area contributed by atoms with Gasteiger partial charge in [0.2, 0.25) is 0 Å². The van der Waals surface area contributed by atoms with Crippen LogP contribution < -0.4 is 0 Å². The number of allylic oxidation sites excluding steroid dienone is 4. The molecule has 1 aliphatic heterocycles. The van der Waals surface area contributed by atoms with Gasteiger partial charge in [-0.2, -0.15) is 0 Å². The summed E-state index contributed by atoms with van der Waals surface area (Å²) in [7, 11) is 1.44. The number of halogens is 1. The van der Waals surface area contributed by atoms with Crippen molar-refractivity contribution in [1.82, 2.24) is 4.90 Å². The van der Waals surface area contributed by atoms with Crippen LogP contribution >= 0.6 is 10.7 Å². The topological polar surface area (TPSA) is 71.5 Å². The van der Waals surface area contributed by atoms with E-state index in [1.165, 1.54) is 36.6 Å². The maximum atomic E-state index is 11.3. The second-order valence-corrected chi connectivity index (χ2v) is 6.23. The van der Waals surface area contributed by atoms with E-state index in [0.717, 1.165) is 4.90 Å². The Balaban J connectivity index is 2.17. The Bertz CT molecular complexity index is 622. The molecule has 7 heteroatoms. The predicted octanol–water partition coefficient (Wildman–Crippen LogP) is 1.21. The molecule has 1 aliphatic carbocycles. The maximum absolute atomic E-state index is 11.3. The lowest BCUT2D eigenvalue weighted by Crippen LogP contribution is -2.24. The second-order valence-electron chi connectivity index (χ2n) is 3.67. The summed E-state index contributed by atoms with van der Waals surface area (Å²) >= 11 is 0. The lowest BCUT2D eigenvalue weighted by atomic mass is 10.1. The number of rotatable bonds is 2. The summed E-state index contributed by atoms with van der Waals surface area (Å²) in [5.74, 6) is -0.832. The summed E-state index contributed by atoms with van der Waals surface area (Å²) in [6.07, 6.45) is 8.29. The van der Waals surface area contributed by atoms with Crippen molar-refractivity contribution < 1.29 is 18.0 Å². The number of imide groups is 1. The molecule has 2 rings (SSSR count). The highest BCUT2D eigenvalue weighted by atomic mass is 35.7. The van der Waals surface area contributed by atoms with Gasteiger partial charge in [0.15, 0.2) is 0 Å². The van der Waals surface area contributed by atoms with Crippen molar-refractivity contribution in [3.05, 3.63) is 47.1 Å². The molecule has 0 aromatic rings. The normalized spacial score (nSPS) is 21.9. The zero-order valence-corrected chi connectivity index (χ0v) is 10.6. The minimum Gasteiger partial charge on any atom is -0.269 e. The van der Waals surface area contributed by atoms with E-state index < -0.39 is 20.9 Å². The molecule has 2 amide bonds. The van der Waals surface area contributed by atoms with Gasteiger partial charge >= 0.3 is 0 Å². The van der Waals surface area contributed by atoms with E-state index in [0.29, 0.717) is 5.57 Å². The summed E-state index contributed by atoms with van der Waals surface area (Å²) in [4.78, 5) is 23.6. The van der Waals surface area contributed by atoms with Gasteiger partial charge in [-0.25, -0.2) is 13.3 Å². The van der Waals surface area contributed by atoms with Crippen LogP contribution in [0.15, 0.2) is 47.1 Å². The zero-order valence-electron chi connectivity index (χ0n) is 9.04. The molecule has 0 radical (unpaired) electrons. The van der Waals surface area contributed by atoms with Crippen molar-refractivity contribution in [2.75, 3.05) is 0 Å². The van der Waals surface area contributed by atoms with Crippen molar-refractivity contribution >= 4 is 31.5 Å². The van der Waals surface area contributed by atoms with E-state index in [1.54, 1.807) is 0 Å². The van der Waals surface area contributed by atoms with Gasteiger partial charge in [0.1, 0.15) is 0 Å². The molecule has 5 nitrogen and oxygen atoms in total. The molecular weight excluding hydrogens is 278 g/mol. The van der Waals surface area contributed by atoms with Crippen molar-refractivity contribution in [3.63, 3.8) is 0 Å². The van der Waals surface area contributed by atoms with Crippen LogP contribution in [0.25, 0.3) is 0 Å². The highest BCUT2D eigenvalue weighted by Gasteiger charge is 2.22. The molecule has 0 saturated heterocycles. The van der Waals surface area contributed by atoms with Crippen LogP contribution in [-0.4, -0.2) is 25.1 Å². The van der Waals surface area contributed by atoms with Crippen LogP contribution in [0.1, 0.15) is 6.42 Å². The average molecular weight is 286 g/mol. The van der Waals surface area contributed by atoms with Gasteiger partial charge in [-0.05, 0) is 18.1 Å². The fourth-order valence-corrected chi connectivity index (χ4v) is 2.38. The van der Waals surface area contributed by atoms with Crippen LogP contribution in [0, 0.1) is 0 Å². The number of amides is 2. The van der Waals surface area contributed by atoms with Gasteiger partial charge in [0, 0.05) is 29.0 Å². The fraction of sp³-hybridized carbons (Fsp3) is 0.0909. The molecule has 2 aliphatic rings. The van der Waals surface area contributed by atoms with Crippen molar-refractivity contribution in [3.8, 4) is 0 Å². The van der Waals surface area contributed by atoms with Crippen LogP contribution in [0.2, 0.25) is 0 Å². The van der Waals surface area contributed by atoms with Crippen LogP contribution in [0.4, 0.5) is 0 Å². The lowest BCUT2D eigenvalue weighted by molar-refractivity contribution is -0.133. The van der Waals surface area contributed by atoms with E-state index in [1.807, 2.05) is 0 Å². The van der Waals surface area contributed by atoms with Crippen LogP contribution in [0.5, 0.6) is 0 Å². The van der Waals surface area contributed by atoms with E-state index >= 15 is 0 Å². The van der Waals surface area contributed by atoms with Gasteiger partial charge in [0.05, 0.1) is 4.91 Å². The molecule has 18 heavy (non-hydrogen) atoms. The maximum Gasteiger partial charge on any atom is 0.261 e. The lowest BCUT2D eigenvalue weighted by Gasteiger charge is -2.12. The average Bonchev–Trinajstić information content (AvgIpc) is 2.60. The molecule has 0 saturated carbocycles. The molecule has 0 aromatic carbocycles. The molecule has 0 fully saturated rings. The molecule has 0 aromatic heterocycles. The highest BCUT2D eigenvalue weighted by Crippen LogP contribution is 2.23. The quantitative estimate of drug-likeness (QED) is 0.565. The van der Waals surface area contributed by atoms with E-state index in [-0.39, 0.29) is 11.3 Å². The number of carbonyl (C=O) groups is 2. The summed E-state index contributed by atoms with van der Waals surface area (Å²) in [5.41, 5.74) is 0.643. The van der Waals surface area contributed by atoms with Crippen LogP contribution in [-0.2, 0) is 18.6 Å². The first-order valence-corrected chi connectivity index (χ1v) is 7.28. The van der Waals surface area contributed by atoms with Crippen molar-refractivity contribution in [1.29, 1.82) is 0 Å². The minimum atomic E-state index is -3.74. The molecule has 1 heterocycles. The molecular formula is C11H8ClNO4S. The first-order chi connectivity index (χ1) is 8.38.